The molecule has 20 heavy (non-hydrogen) atoms. The largest absolute Gasteiger partial charge is 0.324 e. The van der Waals surface area contributed by atoms with Crippen LogP contribution in [-0.4, -0.2) is 16.2 Å². The Balaban J connectivity index is 1.86. The molecule has 100 valence electrons. The van der Waals surface area contributed by atoms with Gasteiger partial charge < -0.3 is 4.57 Å². The summed E-state index contributed by atoms with van der Waals surface area (Å²) in [5, 5.41) is 4.06. The van der Waals surface area contributed by atoms with Gasteiger partial charge in [-0.15, -0.1) is 0 Å². The fraction of sp³-hybridized carbons (Fsp3) is 0.133. The van der Waals surface area contributed by atoms with Gasteiger partial charge in [-0.1, -0.05) is 12.1 Å². The second-order valence-corrected chi connectivity index (χ2v) is 4.58. The highest BCUT2D eigenvalue weighted by atomic mass is 16.2. The summed E-state index contributed by atoms with van der Waals surface area (Å²) in [6.45, 7) is 0. The standard InChI is InChI=1S/C15H13N3O2/c19-13-7-9-18(10-8-13)12-3-1-11(2-4-12)14-5-6-15(20)17-16-14/h1-4,7-10H,5-6H2,(H,17,20). The number of carbonyl (C=O) groups is 1. The number of carbonyl (C=O) groups excluding carboxylic acids is 1. The first-order valence-corrected chi connectivity index (χ1v) is 6.37. The molecule has 0 radical (unpaired) electrons. The Morgan fingerprint density at radius 3 is 2.25 bits per heavy atom. The number of hydrazone groups is 1. The fourth-order valence-electron chi connectivity index (χ4n) is 2.09. The Morgan fingerprint density at radius 1 is 0.950 bits per heavy atom. The Morgan fingerprint density at radius 2 is 1.65 bits per heavy atom. The molecule has 1 aromatic carbocycles. The molecule has 2 aromatic rings. The van der Waals surface area contributed by atoms with Crippen molar-refractivity contribution in [1.29, 1.82) is 0 Å². The number of amides is 1. The lowest BCUT2D eigenvalue weighted by atomic mass is 10.0. The Bertz CT molecular complexity index is 709. The lowest BCUT2D eigenvalue weighted by Crippen LogP contribution is -2.25. The first-order valence-electron chi connectivity index (χ1n) is 6.37. The van der Waals surface area contributed by atoms with Crippen molar-refractivity contribution >= 4 is 11.6 Å². The van der Waals surface area contributed by atoms with Crippen molar-refractivity contribution < 1.29 is 4.79 Å². The summed E-state index contributed by atoms with van der Waals surface area (Å²) < 4.78 is 1.87. The second kappa shape index (κ2) is 5.13. The monoisotopic (exact) mass is 267 g/mol. The van der Waals surface area contributed by atoms with E-state index in [1.54, 1.807) is 12.4 Å². The maximum Gasteiger partial charge on any atom is 0.240 e. The van der Waals surface area contributed by atoms with Crippen LogP contribution in [0.15, 0.2) is 58.7 Å². The second-order valence-electron chi connectivity index (χ2n) is 4.58. The molecule has 0 unspecified atom stereocenters. The maximum absolute atomic E-state index is 11.1. The highest BCUT2D eigenvalue weighted by Gasteiger charge is 2.12. The third-order valence-corrected chi connectivity index (χ3v) is 3.20. The van der Waals surface area contributed by atoms with E-state index in [1.165, 1.54) is 12.1 Å². The summed E-state index contributed by atoms with van der Waals surface area (Å²) in [6, 6.07) is 10.9. The molecule has 2 heterocycles. The molecule has 0 bridgehead atoms. The quantitative estimate of drug-likeness (QED) is 0.895. The van der Waals surface area contributed by atoms with Gasteiger partial charge in [0.15, 0.2) is 5.43 Å². The van der Waals surface area contributed by atoms with Crippen molar-refractivity contribution in [1.82, 2.24) is 9.99 Å². The van der Waals surface area contributed by atoms with E-state index >= 15 is 0 Å². The average molecular weight is 267 g/mol. The summed E-state index contributed by atoms with van der Waals surface area (Å²) in [5.74, 6) is -0.0429. The summed E-state index contributed by atoms with van der Waals surface area (Å²) in [4.78, 5) is 22.1. The predicted octanol–water partition coefficient (Wildman–Crippen LogP) is 1.45. The van der Waals surface area contributed by atoms with Gasteiger partial charge in [-0.2, -0.15) is 5.10 Å². The first-order chi connectivity index (χ1) is 9.72. The highest BCUT2D eigenvalue weighted by Crippen LogP contribution is 2.13. The number of benzene rings is 1. The van der Waals surface area contributed by atoms with Crippen molar-refractivity contribution in [3.8, 4) is 5.69 Å². The van der Waals surface area contributed by atoms with E-state index in [-0.39, 0.29) is 11.3 Å². The topological polar surface area (TPSA) is 63.5 Å². The van der Waals surface area contributed by atoms with Crippen LogP contribution in [0.1, 0.15) is 18.4 Å². The molecule has 0 spiro atoms. The van der Waals surface area contributed by atoms with Crippen LogP contribution in [0, 0.1) is 0 Å². The number of pyridine rings is 1. The van der Waals surface area contributed by atoms with Crippen molar-refractivity contribution in [2.45, 2.75) is 12.8 Å². The van der Waals surface area contributed by atoms with Crippen molar-refractivity contribution in [3.05, 3.63) is 64.6 Å². The molecule has 0 aliphatic carbocycles. The molecule has 1 N–H and O–H groups in total. The van der Waals surface area contributed by atoms with Crippen LogP contribution in [0.2, 0.25) is 0 Å². The first kappa shape index (κ1) is 12.3. The molecule has 5 heteroatoms. The number of nitrogens with zero attached hydrogens (tertiary/aromatic N) is 2. The van der Waals surface area contributed by atoms with E-state index in [4.69, 9.17) is 0 Å². The van der Waals surface area contributed by atoms with Gasteiger partial charge >= 0.3 is 0 Å². The third-order valence-electron chi connectivity index (χ3n) is 3.20. The number of hydrogen-bond acceptors (Lipinski definition) is 3. The predicted molar refractivity (Wildman–Crippen MR) is 76.0 cm³/mol. The van der Waals surface area contributed by atoms with Crippen LogP contribution in [0.4, 0.5) is 0 Å². The minimum absolute atomic E-state index is 0.00910. The van der Waals surface area contributed by atoms with E-state index < -0.39 is 0 Å². The van der Waals surface area contributed by atoms with Crippen LogP contribution in [0.25, 0.3) is 5.69 Å². The van der Waals surface area contributed by atoms with Gasteiger partial charge in [0.2, 0.25) is 5.91 Å². The molecule has 1 amide bonds. The molecule has 0 saturated carbocycles. The molecule has 0 atom stereocenters. The van der Waals surface area contributed by atoms with Gasteiger partial charge in [-0.25, -0.2) is 5.43 Å². The van der Waals surface area contributed by atoms with Crippen LogP contribution in [0.3, 0.4) is 0 Å². The average Bonchev–Trinajstić information content (AvgIpc) is 2.49. The fourth-order valence-corrected chi connectivity index (χ4v) is 2.09. The molecule has 1 aliphatic rings. The molecule has 5 nitrogen and oxygen atoms in total. The minimum atomic E-state index is -0.0429. The van der Waals surface area contributed by atoms with Gasteiger partial charge in [0.1, 0.15) is 0 Å². The lowest BCUT2D eigenvalue weighted by molar-refractivity contribution is -0.121. The van der Waals surface area contributed by atoms with Crippen molar-refractivity contribution in [3.63, 3.8) is 0 Å². The maximum atomic E-state index is 11.1. The SMILES string of the molecule is O=C1CCC(c2ccc(-n3ccc(=O)cc3)cc2)=NN1. The van der Waals surface area contributed by atoms with E-state index in [1.807, 2.05) is 28.8 Å². The van der Waals surface area contributed by atoms with Gasteiger partial charge in [0.25, 0.3) is 0 Å². The number of hydrogen-bond donors (Lipinski definition) is 1. The van der Waals surface area contributed by atoms with Crippen LogP contribution < -0.4 is 10.9 Å². The molecule has 1 aromatic heterocycles. The zero-order valence-corrected chi connectivity index (χ0v) is 10.7. The van der Waals surface area contributed by atoms with Gasteiger partial charge in [0.05, 0.1) is 5.71 Å². The lowest BCUT2D eigenvalue weighted by Gasteiger charge is -2.13. The van der Waals surface area contributed by atoms with Crippen molar-refractivity contribution in [2.24, 2.45) is 5.10 Å². The van der Waals surface area contributed by atoms with E-state index in [0.29, 0.717) is 12.8 Å². The Hall–Kier alpha value is -2.69. The highest BCUT2D eigenvalue weighted by molar-refractivity contribution is 6.04. The molecule has 0 fully saturated rings. The van der Waals surface area contributed by atoms with E-state index in [9.17, 15) is 9.59 Å². The molecule has 3 rings (SSSR count). The Labute approximate surface area is 115 Å². The number of nitrogens with one attached hydrogen (secondary N) is 1. The minimum Gasteiger partial charge on any atom is -0.324 e. The summed E-state index contributed by atoms with van der Waals surface area (Å²) >= 11 is 0. The number of aromatic nitrogens is 1. The molecule has 0 saturated heterocycles. The van der Waals surface area contributed by atoms with Crippen LogP contribution >= 0.6 is 0 Å². The van der Waals surface area contributed by atoms with Gasteiger partial charge in [-0.05, 0) is 17.7 Å². The normalized spacial score (nSPS) is 14.6. The van der Waals surface area contributed by atoms with E-state index in [0.717, 1.165) is 17.0 Å². The Kier molecular flexibility index (Phi) is 3.16. The summed E-state index contributed by atoms with van der Waals surface area (Å²) in [6.07, 6.45) is 4.59. The summed E-state index contributed by atoms with van der Waals surface area (Å²) in [7, 11) is 0. The summed E-state index contributed by atoms with van der Waals surface area (Å²) in [5.41, 5.74) is 5.33. The van der Waals surface area contributed by atoms with E-state index in [2.05, 4.69) is 10.5 Å². The molecular formula is C15H13N3O2. The van der Waals surface area contributed by atoms with Crippen molar-refractivity contribution in [2.75, 3.05) is 0 Å². The molecular weight excluding hydrogens is 254 g/mol. The van der Waals surface area contributed by atoms with Gasteiger partial charge in [0, 0.05) is 43.1 Å². The smallest absolute Gasteiger partial charge is 0.240 e. The third kappa shape index (κ3) is 2.51. The van der Waals surface area contributed by atoms with Gasteiger partial charge in [-0.3, -0.25) is 9.59 Å². The van der Waals surface area contributed by atoms with Crippen LogP contribution in [-0.2, 0) is 4.79 Å². The zero-order chi connectivity index (χ0) is 13.9. The van der Waals surface area contributed by atoms with Crippen LogP contribution in [0.5, 0.6) is 0 Å². The molecule has 1 aliphatic heterocycles. The number of rotatable bonds is 2. The zero-order valence-electron chi connectivity index (χ0n) is 10.7.